The van der Waals surface area contributed by atoms with Gasteiger partial charge in [-0.25, -0.2) is 9.78 Å². The van der Waals surface area contributed by atoms with Crippen LogP contribution in [-0.4, -0.2) is 28.2 Å². The van der Waals surface area contributed by atoms with Gasteiger partial charge in [-0.1, -0.05) is 34.1 Å². The maximum Gasteiger partial charge on any atom is 0.338 e. The third kappa shape index (κ3) is 5.19. The molecule has 0 aliphatic heterocycles. The van der Waals surface area contributed by atoms with Crippen molar-refractivity contribution in [2.45, 2.75) is 12.6 Å². The number of esters is 1. The van der Waals surface area contributed by atoms with E-state index in [1.807, 2.05) is 53.2 Å². The van der Waals surface area contributed by atoms with Crippen LogP contribution in [0, 0.1) is 0 Å². The number of rotatable bonds is 7. The molecule has 0 bridgehead atoms. The molecule has 0 radical (unpaired) electrons. The highest BCUT2D eigenvalue weighted by molar-refractivity contribution is 9.10. The minimum Gasteiger partial charge on any atom is -0.490 e. The molecule has 0 saturated carbocycles. The molecule has 1 heterocycles. The highest BCUT2D eigenvalue weighted by Crippen LogP contribution is 2.14. The summed E-state index contributed by atoms with van der Waals surface area (Å²) in [5, 5.41) is 0. The van der Waals surface area contributed by atoms with Crippen LogP contribution in [0.5, 0.6) is 5.75 Å². The molecule has 0 amide bonds. The van der Waals surface area contributed by atoms with Crippen molar-refractivity contribution in [1.29, 1.82) is 0 Å². The molecule has 0 spiro atoms. The Labute approximate surface area is 154 Å². The standard InChI is InChI=1S/C19H17BrN2O3/c20-16-8-6-15(7-9-16)19(23)25-18(12-22-11-10-21-14-22)13-24-17-4-2-1-3-5-17/h1-11,14,18H,12-13H2/t18-/m1/s1. The summed E-state index contributed by atoms with van der Waals surface area (Å²) in [6.45, 7) is 0.722. The molecule has 5 nitrogen and oxygen atoms in total. The van der Waals surface area contributed by atoms with Gasteiger partial charge in [-0.05, 0) is 36.4 Å². The number of aromatic nitrogens is 2. The molecule has 0 saturated heterocycles. The third-order valence-electron chi connectivity index (χ3n) is 3.51. The van der Waals surface area contributed by atoms with E-state index in [1.54, 1.807) is 24.7 Å². The Morgan fingerprint density at radius 1 is 1.12 bits per heavy atom. The van der Waals surface area contributed by atoms with Crippen molar-refractivity contribution in [3.05, 3.63) is 83.4 Å². The number of para-hydroxylation sites is 1. The Morgan fingerprint density at radius 2 is 1.88 bits per heavy atom. The predicted octanol–water partition coefficient (Wildman–Crippen LogP) is 3.95. The summed E-state index contributed by atoms with van der Waals surface area (Å²) in [7, 11) is 0. The van der Waals surface area contributed by atoms with Gasteiger partial charge < -0.3 is 14.0 Å². The topological polar surface area (TPSA) is 53.4 Å². The van der Waals surface area contributed by atoms with Crippen LogP contribution in [-0.2, 0) is 11.3 Å². The molecule has 0 aliphatic rings. The number of halogens is 1. The fourth-order valence-electron chi connectivity index (χ4n) is 2.27. The van der Waals surface area contributed by atoms with Crippen LogP contribution in [0.4, 0.5) is 0 Å². The van der Waals surface area contributed by atoms with E-state index in [9.17, 15) is 4.79 Å². The van der Waals surface area contributed by atoms with E-state index in [2.05, 4.69) is 20.9 Å². The largest absolute Gasteiger partial charge is 0.490 e. The summed E-state index contributed by atoms with van der Waals surface area (Å²) in [6, 6.07) is 16.5. The summed E-state index contributed by atoms with van der Waals surface area (Å²) in [6.07, 6.45) is 4.75. The van der Waals surface area contributed by atoms with Gasteiger partial charge in [-0.15, -0.1) is 0 Å². The zero-order chi connectivity index (χ0) is 17.5. The zero-order valence-corrected chi connectivity index (χ0v) is 15.0. The highest BCUT2D eigenvalue weighted by atomic mass is 79.9. The fourth-order valence-corrected chi connectivity index (χ4v) is 2.53. The average molecular weight is 401 g/mol. The molecule has 3 rings (SSSR count). The number of nitrogens with zero attached hydrogens (tertiary/aromatic N) is 2. The SMILES string of the molecule is O=C(O[C@@H](COc1ccccc1)Cn1ccnc1)c1ccc(Br)cc1. The smallest absolute Gasteiger partial charge is 0.338 e. The van der Waals surface area contributed by atoms with Gasteiger partial charge in [0.05, 0.1) is 18.4 Å². The first-order valence-corrected chi connectivity index (χ1v) is 8.60. The lowest BCUT2D eigenvalue weighted by molar-refractivity contribution is 0.0125. The van der Waals surface area contributed by atoms with Crippen molar-refractivity contribution in [2.75, 3.05) is 6.61 Å². The molecule has 0 aliphatic carbocycles. The van der Waals surface area contributed by atoms with E-state index >= 15 is 0 Å². The Balaban J connectivity index is 1.66. The van der Waals surface area contributed by atoms with Gasteiger partial charge in [-0.2, -0.15) is 0 Å². The van der Waals surface area contributed by atoms with E-state index in [4.69, 9.17) is 9.47 Å². The Bertz CT molecular complexity index is 789. The summed E-state index contributed by atoms with van der Waals surface area (Å²) >= 11 is 3.35. The van der Waals surface area contributed by atoms with Gasteiger partial charge in [0.1, 0.15) is 12.4 Å². The van der Waals surface area contributed by atoms with Crippen molar-refractivity contribution < 1.29 is 14.3 Å². The molecule has 0 N–H and O–H groups in total. The van der Waals surface area contributed by atoms with E-state index in [-0.39, 0.29) is 12.6 Å². The monoisotopic (exact) mass is 400 g/mol. The van der Waals surface area contributed by atoms with Crippen LogP contribution in [0.15, 0.2) is 77.8 Å². The zero-order valence-electron chi connectivity index (χ0n) is 13.4. The number of hydrogen-bond acceptors (Lipinski definition) is 4. The number of imidazole rings is 1. The lowest BCUT2D eigenvalue weighted by atomic mass is 10.2. The third-order valence-corrected chi connectivity index (χ3v) is 4.04. The molecule has 1 aromatic heterocycles. The number of carbonyl (C=O) groups excluding carboxylic acids is 1. The number of ether oxygens (including phenoxy) is 2. The van der Waals surface area contributed by atoms with E-state index in [1.165, 1.54) is 0 Å². The molecule has 1 atom stereocenters. The molecule has 25 heavy (non-hydrogen) atoms. The second-order valence-corrected chi connectivity index (χ2v) is 6.33. The van der Waals surface area contributed by atoms with Gasteiger partial charge >= 0.3 is 5.97 Å². The number of hydrogen-bond donors (Lipinski definition) is 0. The Kier molecular flexibility index (Phi) is 5.85. The normalized spacial score (nSPS) is 11.7. The predicted molar refractivity (Wildman–Crippen MR) is 97.5 cm³/mol. The van der Waals surface area contributed by atoms with Gasteiger partial charge in [0.15, 0.2) is 6.10 Å². The van der Waals surface area contributed by atoms with Gasteiger partial charge in [0.2, 0.25) is 0 Å². The Morgan fingerprint density at radius 3 is 2.56 bits per heavy atom. The van der Waals surface area contributed by atoms with Crippen LogP contribution in [0.3, 0.4) is 0 Å². The maximum absolute atomic E-state index is 12.4. The van der Waals surface area contributed by atoms with Gasteiger partial charge in [-0.3, -0.25) is 0 Å². The highest BCUT2D eigenvalue weighted by Gasteiger charge is 2.18. The molecule has 128 valence electrons. The first-order valence-electron chi connectivity index (χ1n) is 7.81. The van der Waals surface area contributed by atoms with Crippen molar-refractivity contribution in [3.63, 3.8) is 0 Å². The molecule has 0 fully saturated rings. The first kappa shape index (κ1) is 17.2. The van der Waals surface area contributed by atoms with Crippen LogP contribution in [0.1, 0.15) is 10.4 Å². The summed E-state index contributed by atoms with van der Waals surface area (Å²) < 4.78 is 14.2. The lowest BCUT2D eigenvalue weighted by Gasteiger charge is -2.19. The minimum atomic E-state index is -0.439. The fraction of sp³-hybridized carbons (Fsp3) is 0.158. The van der Waals surface area contributed by atoms with Crippen LogP contribution >= 0.6 is 15.9 Å². The van der Waals surface area contributed by atoms with E-state index in [0.29, 0.717) is 12.1 Å². The average Bonchev–Trinajstić information content (AvgIpc) is 3.14. The van der Waals surface area contributed by atoms with Crippen LogP contribution in [0.25, 0.3) is 0 Å². The molecule has 3 aromatic rings. The Hall–Kier alpha value is -2.60. The second kappa shape index (κ2) is 8.48. The molecule has 0 unspecified atom stereocenters. The lowest BCUT2D eigenvalue weighted by Crippen LogP contribution is -2.29. The quantitative estimate of drug-likeness (QED) is 0.563. The van der Waals surface area contributed by atoms with Crippen molar-refractivity contribution in [1.82, 2.24) is 9.55 Å². The summed E-state index contributed by atoms with van der Waals surface area (Å²) in [5.41, 5.74) is 0.499. The molecular formula is C19H17BrN2O3. The van der Waals surface area contributed by atoms with Gasteiger partial charge in [0.25, 0.3) is 0 Å². The van der Waals surface area contributed by atoms with Gasteiger partial charge in [0, 0.05) is 16.9 Å². The van der Waals surface area contributed by atoms with E-state index < -0.39 is 6.10 Å². The molecular weight excluding hydrogens is 384 g/mol. The minimum absolute atomic E-state index is 0.254. The number of benzene rings is 2. The van der Waals surface area contributed by atoms with Crippen molar-refractivity contribution >= 4 is 21.9 Å². The molecule has 6 heteroatoms. The second-order valence-electron chi connectivity index (χ2n) is 5.42. The van der Waals surface area contributed by atoms with Crippen LogP contribution in [0.2, 0.25) is 0 Å². The number of carbonyl (C=O) groups is 1. The van der Waals surface area contributed by atoms with Crippen molar-refractivity contribution in [3.8, 4) is 5.75 Å². The maximum atomic E-state index is 12.4. The summed E-state index contributed by atoms with van der Waals surface area (Å²) in [5.74, 6) is 0.354. The van der Waals surface area contributed by atoms with E-state index in [0.717, 1.165) is 10.2 Å². The molecule has 2 aromatic carbocycles. The summed E-state index contributed by atoms with van der Waals surface area (Å²) in [4.78, 5) is 16.4. The van der Waals surface area contributed by atoms with Crippen molar-refractivity contribution in [2.24, 2.45) is 0 Å². The van der Waals surface area contributed by atoms with Crippen LogP contribution < -0.4 is 4.74 Å². The first-order chi connectivity index (χ1) is 12.2.